The molecule has 2 fully saturated rings. The van der Waals surface area contributed by atoms with Crippen molar-refractivity contribution in [1.29, 1.82) is 0 Å². The van der Waals surface area contributed by atoms with E-state index in [0.717, 1.165) is 36.7 Å². The number of hydrogen-bond donors (Lipinski definition) is 1. The minimum Gasteiger partial charge on any atom is -0.493 e. The van der Waals surface area contributed by atoms with Crippen molar-refractivity contribution in [2.75, 3.05) is 13.2 Å². The molecule has 1 aromatic rings. The zero-order valence-corrected chi connectivity index (χ0v) is 10.8. The van der Waals surface area contributed by atoms with Crippen molar-refractivity contribution >= 4 is 0 Å². The Morgan fingerprint density at radius 2 is 2.11 bits per heavy atom. The standard InChI is InChI=1S/C16H21NO/c1-5-15(13(1)10-17-14-3-4-14)11-2-6-16-12(9-11)7-8-18-16/h2,6,9,13-15,17H,1,3-5,7-8,10H2. The molecule has 0 radical (unpaired) electrons. The van der Waals surface area contributed by atoms with Gasteiger partial charge in [-0.2, -0.15) is 0 Å². The summed E-state index contributed by atoms with van der Waals surface area (Å²) in [7, 11) is 0. The van der Waals surface area contributed by atoms with Crippen molar-refractivity contribution < 1.29 is 4.74 Å². The minimum atomic E-state index is 0.794. The third kappa shape index (κ3) is 1.93. The lowest BCUT2D eigenvalue weighted by Gasteiger charge is -2.37. The van der Waals surface area contributed by atoms with Crippen molar-refractivity contribution in [2.24, 2.45) is 5.92 Å². The van der Waals surface area contributed by atoms with Crippen LogP contribution in [-0.2, 0) is 6.42 Å². The number of nitrogens with one attached hydrogen (secondary N) is 1. The second-order valence-corrected chi connectivity index (χ2v) is 6.09. The van der Waals surface area contributed by atoms with Crippen LogP contribution in [-0.4, -0.2) is 19.2 Å². The number of rotatable bonds is 4. The lowest BCUT2D eigenvalue weighted by atomic mass is 9.69. The summed E-state index contributed by atoms with van der Waals surface area (Å²) < 4.78 is 5.59. The first kappa shape index (κ1) is 10.9. The third-order valence-corrected chi connectivity index (χ3v) is 4.81. The molecule has 2 saturated carbocycles. The first-order valence-corrected chi connectivity index (χ1v) is 7.39. The van der Waals surface area contributed by atoms with E-state index in [4.69, 9.17) is 4.74 Å². The van der Waals surface area contributed by atoms with Crippen molar-refractivity contribution in [2.45, 2.75) is 44.1 Å². The molecular formula is C16H21NO. The highest BCUT2D eigenvalue weighted by Crippen LogP contribution is 2.43. The predicted molar refractivity (Wildman–Crippen MR) is 72.1 cm³/mol. The van der Waals surface area contributed by atoms with E-state index in [2.05, 4.69) is 23.5 Å². The lowest BCUT2D eigenvalue weighted by molar-refractivity contribution is 0.245. The van der Waals surface area contributed by atoms with Gasteiger partial charge in [0, 0.05) is 12.5 Å². The highest BCUT2D eigenvalue weighted by atomic mass is 16.5. The topological polar surface area (TPSA) is 21.3 Å². The van der Waals surface area contributed by atoms with E-state index in [1.165, 1.54) is 37.8 Å². The number of ether oxygens (including phenoxy) is 1. The van der Waals surface area contributed by atoms with Crippen LogP contribution >= 0.6 is 0 Å². The maximum absolute atomic E-state index is 5.59. The molecular weight excluding hydrogens is 222 g/mol. The Kier molecular flexibility index (Phi) is 2.58. The first-order chi connectivity index (χ1) is 8.90. The highest BCUT2D eigenvalue weighted by molar-refractivity contribution is 5.41. The molecule has 2 heteroatoms. The molecule has 1 N–H and O–H groups in total. The van der Waals surface area contributed by atoms with Crippen LogP contribution in [0, 0.1) is 5.92 Å². The van der Waals surface area contributed by atoms with E-state index in [1.807, 2.05) is 0 Å². The Labute approximate surface area is 109 Å². The van der Waals surface area contributed by atoms with Crippen LogP contribution in [0.25, 0.3) is 0 Å². The molecule has 2 nitrogen and oxygen atoms in total. The zero-order valence-electron chi connectivity index (χ0n) is 10.8. The summed E-state index contributed by atoms with van der Waals surface area (Å²) in [6.45, 7) is 2.10. The van der Waals surface area contributed by atoms with Crippen LogP contribution in [0.3, 0.4) is 0 Å². The van der Waals surface area contributed by atoms with Crippen molar-refractivity contribution in [3.8, 4) is 5.75 Å². The van der Waals surface area contributed by atoms with E-state index >= 15 is 0 Å². The summed E-state index contributed by atoms with van der Waals surface area (Å²) in [4.78, 5) is 0. The fourth-order valence-electron chi connectivity index (χ4n) is 3.29. The number of benzene rings is 1. The molecule has 1 aliphatic heterocycles. The summed E-state index contributed by atoms with van der Waals surface area (Å²) >= 11 is 0. The molecule has 96 valence electrons. The molecule has 0 aromatic heterocycles. The van der Waals surface area contributed by atoms with Gasteiger partial charge in [-0.05, 0) is 61.3 Å². The third-order valence-electron chi connectivity index (χ3n) is 4.81. The summed E-state index contributed by atoms with van der Waals surface area (Å²) in [6, 6.07) is 7.72. The average molecular weight is 243 g/mol. The first-order valence-electron chi connectivity index (χ1n) is 7.39. The van der Waals surface area contributed by atoms with Crippen molar-refractivity contribution in [3.63, 3.8) is 0 Å². The van der Waals surface area contributed by atoms with Crippen LogP contribution in [0.15, 0.2) is 18.2 Å². The van der Waals surface area contributed by atoms with Crippen LogP contribution in [0.5, 0.6) is 5.75 Å². The normalized spacial score (nSPS) is 29.6. The quantitative estimate of drug-likeness (QED) is 0.878. The molecule has 1 heterocycles. The van der Waals surface area contributed by atoms with Crippen molar-refractivity contribution in [1.82, 2.24) is 5.32 Å². The molecule has 0 saturated heterocycles. The smallest absolute Gasteiger partial charge is 0.122 e. The molecule has 3 aliphatic rings. The fraction of sp³-hybridized carbons (Fsp3) is 0.625. The van der Waals surface area contributed by atoms with Gasteiger partial charge in [-0.1, -0.05) is 12.1 Å². The maximum Gasteiger partial charge on any atom is 0.122 e. The second-order valence-electron chi connectivity index (χ2n) is 6.09. The average Bonchev–Trinajstić information content (AvgIpc) is 3.05. The van der Waals surface area contributed by atoms with Crippen LogP contribution in [0.4, 0.5) is 0 Å². The Balaban J connectivity index is 1.45. The summed E-state index contributed by atoms with van der Waals surface area (Å²) in [5.74, 6) is 2.78. The van der Waals surface area contributed by atoms with E-state index in [0.29, 0.717) is 0 Å². The summed E-state index contributed by atoms with van der Waals surface area (Å²) in [6.07, 6.45) is 6.66. The monoisotopic (exact) mass is 243 g/mol. The fourth-order valence-corrected chi connectivity index (χ4v) is 3.29. The van der Waals surface area contributed by atoms with E-state index in [1.54, 1.807) is 5.56 Å². The number of fused-ring (bicyclic) bond motifs is 1. The largest absolute Gasteiger partial charge is 0.493 e. The van der Waals surface area contributed by atoms with Gasteiger partial charge in [0.25, 0.3) is 0 Å². The van der Waals surface area contributed by atoms with Crippen molar-refractivity contribution in [3.05, 3.63) is 29.3 Å². The van der Waals surface area contributed by atoms with Crippen LogP contribution in [0.1, 0.15) is 42.7 Å². The highest BCUT2D eigenvalue weighted by Gasteiger charge is 2.33. The molecule has 2 unspecified atom stereocenters. The molecule has 0 bridgehead atoms. The number of hydrogen-bond acceptors (Lipinski definition) is 2. The van der Waals surface area contributed by atoms with Gasteiger partial charge < -0.3 is 10.1 Å². The van der Waals surface area contributed by atoms with E-state index < -0.39 is 0 Å². The predicted octanol–water partition coefficient (Wildman–Crippen LogP) is 2.87. The van der Waals surface area contributed by atoms with Gasteiger partial charge in [-0.3, -0.25) is 0 Å². The maximum atomic E-state index is 5.59. The Morgan fingerprint density at radius 3 is 2.89 bits per heavy atom. The van der Waals surface area contributed by atoms with Gasteiger partial charge in [0.1, 0.15) is 5.75 Å². The molecule has 1 aromatic carbocycles. The van der Waals surface area contributed by atoms with E-state index in [9.17, 15) is 0 Å². The minimum absolute atomic E-state index is 0.794. The van der Waals surface area contributed by atoms with Gasteiger partial charge in [-0.25, -0.2) is 0 Å². The van der Waals surface area contributed by atoms with E-state index in [-0.39, 0.29) is 0 Å². The molecule has 2 atom stereocenters. The lowest BCUT2D eigenvalue weighted by Crippen LogP contribution is -2.34. The molecule has 0 spiro atoms. The Bertz CT molecular complexity index is 452. The zero-order chi connectivity index (χ0) is 11.9. The van der Waals surface area contributed by atoms with Crippen LogP contribution < -0.4 is 10.1 Å². The summed E-state index contributed by atoms with van der Waals surface area (Å²) in [5, 5.41) is 3.69. The molecule has 18 heavy (non-hydrogen) atoms. The molecule has 2 aliphatic carbocycles. The second kappa shape index (κ2) is 4.27. The Hall–Kier alpha value is -1.02. The Morgan fingerprint density at radius 1 is 1.17 bits per heavy atom. The van der Waals surface area contributed by atoms with Gasteiger partial charge in [0.05, 0.1) is 6.61 Å². The van der Waals surface area contributed by atoms with Gasteiger partial charge in [-0.15, -0.1) is 0 Å². The van der Waals surface area contributed by atoms with Crippen LogP contribution in [0.2, 0.25) is 0 Å². The molecule has 0 amide bonds. The van der Waals surface area contributed by atoms with Gasteiger partial charge >= 0.3 is 0 Å². The summed E-state index contributed by atoms with van der Waals surface area (Å²) in [5.41, 5.74) is 2.97. The molecule has 4 rings (SSSR count). The van der Waals surface area contributed by atoms with Gasteiger partial charge in [0.15, 0.2) is 0 Å². The van der Waals surface area contributed by atoms with Gasteiger partial charge in [0.2, 0.25) is 0 Å². The SMILES string of the molecule is c1cc2c(cc1C1CCC1CNC1CC1)CCO2.